The van der Waals surface area contributed by atoms with Crippen LogP contribution in [0.15, 0.2) is 0 Å². The van der Waals surface area contributed by atoms with Crippen LogP contribution in [0.5, 0.6) is 0 Å². The van der Waals surface area contributed by atoms with Crippen LogP contribution in [-0.4, -0.2) is 59.8 Å². The summed E-state index contributed by atoms with van der Waals surface area (Å²) in [6.07, 6.45) is 5.89. The second kappa shape index (κ2) is 7.63. The number of likely N-dealkylation sites (N-methyl/N-ethyl adjacent to an activating group) is 1. The number of hydrogen-bond donors (Lipinski definition) is 2. The minimum atomic E-state index is -0.0425. The molecule has 0 saturated carbocycles. The zero-order valence-electron chi connectivity index (χ0n) is 14.3. The summed E-state index contributed by atoms with van der Waals surface area (Å²) in [6, 6.07) is 0.276. The predicted molar refractivity (Wildman–Crippen MR) is 87.9 cm³/mol. The molecular formula is C16H29N5O. The van der Waals surface area contributed by atoms with Crippen molar-refractivity contribution in [3.05, 3.63) is 17.0 Å². The predicted octanol–water partition coefficient (Wildman–Crippen LogP) is 1.77. The molecule has 1 heterocycles. The normalized spacial score (nSPS) is 16.0. The quantitative estimate of drug-likeness (QED) is 0.815. The highest BCUT2D eigenvalue weighted by Crippen LogP contribution is 2.22. The Bertz CT molecular complexity index is 497. The Balaban J connectivity index is 1.90. The fourth-order valence-corrected chi connectivity index (χ4v) is 2.71. The first kappa shape index (κ1) is 16.8. The first-order valence-corrected chi connectivity index (χ1v) is 8.19. The molecule has 0 spiro atoms. The van der Waals surface area contributed by atoms with Crippen molar-refractivity contribution in [1.29, 1.82) is 0 Å². The van der Waals surface area contributed by atoms with Crippen molar-refractivity contribution in [3.8, 4) is 0 Å². The lowest BCUT2D eigenvalue weighted by atomic mass is 10.1. The van der Waals surface area contributed by atoms with Crippen molar-refractivity contribution in [2.75, 3.05) is 27.7 Å². The zero-order valence-corrected chi connectivity index (χ0v) is 14.3. The van der Waals surface area contributed by atoms with Gasteiger partial charge in [-0.3, -0.25) is 5.10 Å². The van der Waals surface area contributed by atoms with E-state index >= 15 is 0 Å². The van der Waals surface area contributed by atoms with Crippen LogP contribution in [0.2, 0.25) is 0 Å². The van der Waals surface area contributed by atoms with Gasteiger partial charge in [-0.2, -0.15) is 5.10 Å². The minimum Gasteiger partial charge on any atom is -0.336 e. The number of H-pyrrole nitrogens is 1. The third kappa shape index (κ3) is 4.22. The molecule has 0 bridgehead atoms. The van der Waals surface area contributed by atoms with E-state index in [1.165, 1.54) is 30.5 Å². The number of aryl methyl sites for hydroxylation is 1. The summed E-state index contributed by atoms with van der Waals surface area (Å²) in [6.45, 7) is 3.30. The smallest absolute Gasteiger partial charge is 0.317 e. The largest absolute Gasteiger partial charge is 0.336 e. The topological polar surface area (TPSA) is 64.3 Å². The Kier molecular flexibility index (Phi) is 5.83. The molecule has 1 aromatic rings. The van der Waals surface area contributed by atoms with Crippen molar-refractivity contribution in [2.24, 2.45) is 0 Å². The lowest BCUT2D eigenvalue weighted by Crippen LogP contribution is -2.43. The third-order valence-corrected chi connectivity index (χ3v) is 4.56. The Morgan fingerprint density at radius 1 is 1.27 bits per heavy atom. The van der Waals surface area contributed by atoms with Gasteiger partial charge in [0.15, 0.2) is 0 Å². The van der Waals surface area contributed by atoms with Crippen LogP contribution in [0.1, 0.15) is 43.1 Å². The molecule has 124 valence electrons. The van der Waals surface area contributed by atoms with E-state index in [0.29, 0.717) is 19.1 Å². The highest BCUT2D eigenvalue weighted by Gasteiger charge is 2.19. The van der Waals surface area contributed by atoms with Gasteiger partial charge < -0.3 is 15.1 Å². The molecule has 22 heavy (non-hydrogen) atoms. The van der Waals surface area contributed by atoms with Gasteiger partial charge in [-0.1, -0.05) is 6.42 Å². The van der Waals surface area contributed by atoms with Crippen LogP contribution in [0.25, 0.3) is 0 Å². The average Bonchev–Trinajstić information content (AvgIpc) is 2.72. The molecule has 2 N–H and O–H groups in total. The zero-order chi connectivity index (χ0) is 16.1. The van der Waals surface area contributed by atoms with Crippen LogP contribution < -0.4 is 5.32 Å². The highest BCUT2D eigenvalue weighted by atomic mass is 16.2. The van der Waals surface area contributed by atoms with Gasteiger partial charge in [0.1, 0.15) is 0 Å². The van der Waals surface area contributed by atoms with E-state index in [2.05, 4.69) is 27.3 Å². The first-order chi connectivity index (χ1) is 10.5. The molecule has 1 aliphatic carbocycles. The number of hydrogen-bond acceptors (Lipinski definition) is 3. The van der Waals surface area contributed by atoms with Crippen molar-refractivity contribution in [2.45, 2.75) is 51.6 Å². The molecular weight excluding hydrogens is 278 g/mol. The van der Waals surface area contributed by atoms with Gasteiger partial charge in [0.05, 0.1) is 12.2 Å². The number of carbonyl (C=O) groups excluding carboxylic acids is 1. The van der Waals surface area contributed by atoms with Gasteiger partial charge in [-0.05, 0) is 52.3 Å². The fraction of sp³-hybridized carbons (Fsp3) is 0.750. The molecule has 0 saturated heterocycles. The minimum absolute atomic E-state index is 0.0425. The van der Waals surface area contributed by atoms with Crippen molar-refractivity contribution in [3.63, 3.8) is 0 Å². The lowest BCUT2D eigenvalue weighted by molar-refractivity contribution is 0.201. The van der Waals surface area contributed by atoms with Gasteiger partial charge in [0, 0.05) is 25.3 Å². The van der Waals surface area contributed by atoms with E-state index in [0.717, 1.165) is 18.5 Å². The van der Waals surface area contributed by atoms with E-state index in [9.17, 15) is 4.79 Å². The van der Waals surface area contributed by atoms with Crippen molar-refractivity contribution < 1.29 is 4.79 Å². The van der Waals surface area contributed by atoms with Crippen molar-refractivity contribution in [1.82, 2.24) is 25.3 Å². The molecule has 1 aliphatic rings. The average molecular weight is 307 g/mol. The van der Waals surface area contributed by atoms with E-state index in [1.54, 1.807) is 4.90 Å². The number of urea groups is 1. The molecule has 0 radical (unpaired) electrons. The summed E-state index contributed by atoms with van der Waals surface area (Å²) in [5, 5.41) is 10.6. The number of amides is 2. The van der Waals surface area contributed by atoms with Gasteiger partial charge >= 0.3 is 6.03 Å². The maximum absolute atomic E-state index is 12.2. The molecule has 2 rings (SSSR count). The summed E-state index contributed by atoms with van der Waals surface area (Å²) in [5.74, 6) is 0. The van der Waals surface area contributed by atoms with Crippen LogP contribution >= 0.6 is 0 Å². The molecule has 0 aliphatic heterocycles. The molecule has 1 unspecified atom stereocenters. The van der Waals surface area contributed by atoms with Crippen LogP contribution in [0.3, 0.4) is 0 Å². The van der Waals surface area contributed by atoms with Crippen LogP contribution in [-0.2, 0) is 19.4 Å². The van der Waals surface area contributed by atoms with Crippen LogP contribution in [0.4, 0.5) is 4.79 Å². The Morgan fingerprint density at radius 3 is 2.73 bits per heavy atom. The summed E-state index contributed by atoms with van der Waals surface area (Å²) < 4.78 is 0. The number of rotatable bonds is 5. The molecule has 1 atom stereocenters. The maximum atomic E-state index is 12.2. The maximum Gasteiger partial charge on any atom is 0.317 e. The Hall–Kier alpha value is -1.56. The lowest BCUT2D eigenvalue weighted by Gasteiger charge is -2.23. The SMILES string of the molecule is CC(CNC(=O)N(C)Cc1n[nH]c2c1CCCCC2)N(C)C. The molecule has 2 amide bonds. The van der Waals surface area contributed by atoms with Crippen molar-refractivity contribution >= 4 is 6.03 Å². The number of aromatic amines is 1. The molecule has 6 heteroatoms. The van der Waals surface area contributed by atoms with Gasteiger partial charge in [0.25, 0.3) is 0 Å². The molecule has 1 aromatic heterocycles. The summed E-state index contributed by atoms with van der Waals surface area (Å²) in [5.41, 5.74) is 3.62. The summed E-state index contributed by atoms with van der Waals surface area (Å²) in [4.78, 5) is 16.0. The van der Waals surface area contributed by atoms with E-state index in [1.807, 2.05) is 21.1 Å². The second-order valence-corrected chi connectivity index (χ2v) is 6.54. The van der Waals surface area contributed by atoms with E-state index < -0.39 is 0 Å². The fourth-order valence-electron chi connectivity index (χ4n) is 2.71. The Labute approximate surface area is 133 Å². The summed E-state index contributed by atoms with van der Waals surface area (Å²) in [7, 11) is 5.85. The number of nitrogens with one attached hydrogen (secondary N) is 2. The highest BCUT2D eigenvalue weighted by molar-refractivity contribution is 5.73. The van der Waals surface area contributed by atoms with Gasteiger partial charge in [-0.25, -0.2) is 4.79 Å². The number of fused-ring (bicyclic) bond motifs is 1. The monoisotopic (exact) mass is 307 g/mol. The Morgan fingerprint density at radius 2 is 2.00 bits per heavy atom. The molecule has 6 nitrogen and oxygen atoms in total. The molecule has 0 aromatic carbocycles. The summed E-state index contributed by atoms with van der Waals surface area (Å²) >= 11 is 0. The number of aromatic nitrogens is 2. The first-order valence-electron chi connectivity index (χ1n) is 8.19. The second-order valence-electron chi connectivity index (χ2n) is 6.54. The standard InChI is InChI=1S/C16H29N5O/c1-12(20(2)3)10-17-16(22)21(4)11-15-13-8-6-5-7-9-14(13)18-19-15/h12H,5-11H2,1-4H3,(H,17,22)(H,18,19). The van der Waals surface area contributed by atoms with Gasteiger partial charge in [0.2, 0.25) is 0 Å². The van der Waals surface area contributed by atoms with Gasteiger partial charge in [-0.15, -0.1) is 0 Å². The van der Waals surface area contributed by atoms with Crippen LogP contribution in [0, 0.1) is 0 Å². The number of carbonyl (C=O) groups is 1. The number of nitrogens with zero attached hydrogens (tertiary/aromatic N) is 3. The van der Waals surface area contributed by atoms with E-state index in [-0.39, 0.29) is 6.03 Å². The third-order valence-electron chi connectivity index (χ3n) is 4.56. The van der Waals surface area contributed by atoms with E-state index in [4.69, 9.17) is 0 Å². The molecule has 0 fully saturated rings.